The largest absolute Gasteiger partial charge is 0.486 e. The first-order valence-electron chi connectivity index (χ1n) is 7.45. The van der Waals surface area contributed by atoms with Crippen LogP contribution in [0, 0.1) is 0 Å². The number of anilines is 1. The van der Waals surface area contributed by atoms with Crippen molar-refractivity contribution in [2.24, 2.45) is 0 Å². The SMILES string of the molecule is CCn1nnnc1COc1cccc(C(=O)Nc2ccncc2)c1. The number of nitrogens with one attached hydrogen (secondary N) is 1. The predicted octanol–water partition coefficient (Wildman–Crippen LogP) is 1.92. The molecule has 0 aliphatic heterocycles. The van der Waals surface area contributed by atoms with Gasteiger partial charge in [-0.2, -0.15) is 0 Å². The van der Waals surface area contributed by atoms with E-state index in [9.17, 15) is 4.79 Å². The van der Waals surface area contributed by atoms with Crippen LogP contribution in [-0.2, 0) is 13.2 Å². The number of pyridine rings is 1. The van der Waals surface area contributed by atoms with Crippen LogP contribution in [0.4, 0.5) is 5.69 Å². The number of tetrazole rings is 1. The van der Waals surface area contributed by atoms with Gasteiger partial charge < -0.3 is 10.1 Å². The molecule has 3 rings (SSSR count). The van der Waals surface area contributed by atoms with Gasteiger partial charge in [-0.3, -0.25) is 9.78 Å². The number of carbonyl (C=O) groups is 1. The maximum atomic E-state index is 12.3. The van der Waals surface area contributed by atoms with E-state index < -0.39 is 0 Å². The minimum atomic E-state index is -0.218. The molecular formula is C16H16N6O2. The average molecular weight is 324 g/mol. The average Bonchev–Trinajstić information content (AvgIpc) is 3.08. The zero-order valence-corrected chi connectivity index (χ0v) is 13.1. The third-order valence-electron chi connectivity index (χ3n) is 3.31. The van der Waals surface area contributed by atoms with Gasteiger partial charge in [0.05, 0.1) is 0 Å². The molecule has 0 fully saturated rings. The van der Waals surface area contributed by atoms with E-state index in [4.69, 9.17) is 4.74 Å². The standard InChI is InChI=1S/C16H16N6O2/c1-2-22-15(19-20-21-22)11-24-14-5-3-4-12(10-14)16(23)18-13-6-8-17-9-7-13/h3-10H,2,11H2,1H3,(H,17,18,23). The third kappa shape index (κ3) is 3.72. The minimum absolute atomic E-state index is 0.218. The van der Waals surface area contributed by atoms with Crippen LogP contribution in [0.3, 0.4) is 0 Å². The number of amides is 1. The molecule has 0 saturated heterocycles. The van der Waals surface area contributed by atoms with Gasteiger partial charge in [0.15, 0.2) is 5.82 Å². The Hall–Kier alpha value is -3.29. The third-order valence-corrected chi connectivity index (χ3v) is 3.31. The number of carbonyl (C=O) groups excluding carboxylic acids is 1. The monoisotopic (exact) mass is 324 g/mol. The molecule has 3 aromatic rings. The fourth-order valence-corrected chi connectivity index (χ4v) is 2.09. The van der Waals surface area contributed by atoms with E-state index in [0.717, 1.165) is 0 Å². The Bertz CT molecular complexity index is 818. The van der Waals surface area contributed by atoms with Gasteiger partial charge in [0.2, 0.25) is 0 Å². The Labute approximate surface area is 138 Å². The smallest absolute Gasteiger partial charge is 0.255 e. The summed E-state index contributed by atoms with van der Waals surface area (Å²) in [5.41, 5.74) is 1.18. The molecule has 2 aromatic heterocycles. The lowest BCUT2D eigenvalue weighted by Gasteiger charge is -2.08. The first kappa shape index (κ1) is 15.6. The summed E-state index contributed by atoms with van der Waals surface area (Å²) in [5, 5.41) is 14.2. The quantitative estimate of drug-likeness (QED) is 0.744. The summed E-state index contributed by atoms with van der Waals surface area (Å²) in [4.78, 5) is 16.2. The normalized spacial score (nSPS) is 10.4. The number of aromatic nitrogens is 5. The molecule has 8 heteroatoms. The highest BCUT2D eigenvalue weighted by Gasteiger charge is 2.09. The molecule has 0 saturated carbocycles. The van der Waals surface area contributed by atoms with Crippen LogP contribution in [0.5, 0.6) is 5.75 Å². The molecule has 24 heavy (non-hydrogen) atoms. The number of rotatable bonds is 6. The zero-order chi connectivity index (χ0) is 16.8. The molecule has 0 radical (unpaired) electrons. The fourth-order valence-electron chi connectivity index (χ4n) is 2.09. The summed E-state index contributed by atoms with van der Waals surface area (Å²) in [6.45, 7) is 2.85. The molecule has 1 aromatic carbocycles. The molecule has 0 atom stereocenters. The van der Waals surface area contributed by atoms with Gasteiger partial charge in [-0.15, -0.1) is 5.10 Å². The number of benzene rings is 1. The van der Waals surface area contributed by atoms with Crippen molar-refractivity contribution in [2.45, 2.75) is 20.1 Å². The Morgan fingerprint density at radius 1 is 1.25 bits per heavy atom. The van der Waals surface area contributed by atoms with Gasteiger partial charge in [0.25, 0.3) is 5.91 Å². The highest BCUT2D eigenvalue weighted by Crippen LogP contribution is 2.16. The number of ether oxygens (including phenoxy) is 1. The summed E-state index contributed by atoms with van der Waals surface area (Å²) >= 11 is 0. The molecule has 0 bridgehead atoms. The van der Waals surface area contributed by atoms with Crippen molar-refractivity contribution in [2.75, 3.05) is 5.32 Å². The van der Waals surface area contributed by atoms with Gasteiger partial charge in [-0.05, 0) is 47.7 Å². The Morgan fingerprint density at radius 3 is 2.88 bits per heavy atom. The van der Waals surface area contributed by atoms with E-state index in [1.807, 2.05) is 6.92 Å². The fraction of sp³-hybridized carbons (Fsp3) is 0.188. The van der Waals surface area contributed by atoms with Crippen molar-refractivity contribution >= 4 is 11.6 Å². The number of nitrogens with zero attached hydrogens (tertiary/aromatic N) is 5. The van der Waals surface area contributed by atoms with E-state index in [2.05, 4.69) is 25.8 Å². The van der Waals surface area contributed by atoms with Crippen LogP contribution in [0.15, 0.2) is 48.8 Å². The van der Waals surface area contributed by atoms with Crippen molar-refractivity contribution in [1.82, 2.24) is 25.2 Å². The van der Waals surface area contributed by atoms with Crippen LogP contribution in [0.2, 0.25) is 0 Å². The number of aryl methyl sites for hydroxylation is 1. The molecular weight excluding hydrogens is 308 g/mol. The summed E-state index contributed by atoms with van der Waals surface area (Å²) in [5.74, 6) is 0.984. The van der Waals surface area contributed by atoms with E-state index >= 15 is 0 Å². The van der Waals surface area contributed by atoms with E-state index in [0.29, 0.717) is 29.4 Å². The summed E-state index contributed by atoms with van der Waals surface area (Å²) in [6, 6.07) is 10.4. The molecule has 1 N–H and O–H groups in total. The van der Waals surface area contributed by atoms with Crippen molar-refractivity contribution in [3.63, 3.8) is 0 Å². The Morgan fingerprint density at radius 2 is 2.08 bits per heavy atom. The predicted molar refractivity (Wildman–Crippen MR) is 86.5 cm³/mol. The first-order chi connectivity index (χ1) is 11.8. The number of hydrogen-bond acceptors (Lipinski definition) is 6. The van der Waals surface area contributed by atoms with Crippen molar-refractivity contribution < 1.29 is 9.53 Å². The van der Waals surface area contributed by atoms with Crippen LogP contribution in [0.1, 0.15) is 23.1 Å². The molecule has 8 nitrogen and oxygen atoms in total. The van der Waals surface area contributed by atoms with Crippen LogP contribution in [0.25, 0.3) is 0 Å². The molecule has 0 unspecified atom stereocenters. The molecule has 0 spiro atoms. The van der Waals surface area contributed by atoms with E-state index in [1.54, 1.807) is 53.5 Å². The second kappa shape index (κ2) is 7.32. The van der Waals surface area contributed by atoms with Crippen LogP contribution in [-0.4, -0.2) is 31.1 Å². The van der Waals surface area contributed by atoms with Crippen molar-refractivity contribution in [1.29, 1.82) is 0 Å². The topological polar surface area (TPSA) is 94.8 Å². The molecule has 2 heterocycles. The Kier molecular flexibility index (Phi) is 4.76. The van der Waals surface area contributed by atoms with Crippen molar-refractivity contribution in [3.05, 3.63) is 60.2 Å². The Balaban J connectivity index is 1.66. The highest BCUT2D eigenvalue weighted by atomic mass is 16.5. The van der Waals surface area contributed by atoms with Crippen LogP contribution >= 0.6 is 0 Å². The maximum Gasteiger partial charge on any atom is 0.255 e. The summed E-state index contributed by atoms with van der Waals surface area (Å²) < 4.78 is 7.33. The van der Waals surface area contributed by atoms with Gasteiger partial charge in [0, 0.05) is 30.2 Å². The molecule has 122 valence electrons. The zero-order valence-electron chi connectivity index (χ0n) is 13.1. The van der Waals surface area contributed by atoms with Crippen LogP contribution < -0.4 is 10.1 Å². The van der Waals surface area contributed by atoms with Gasteiger partial charge in [-0.25, -0.2) is 4.68 Å². The minimum Gasteiger partial charge on any atom is -0.486 e. The molecule has 0 aliphatic carbocycles. The molecule has 1 amide bonds. The van der Waals surface area contributed by atoms with E-state index in [1.165, 1.54) is 0 Å². The summed E-state index contributed by atoms with van der Waals surface area (Å²) in [6.07, 6.45) is 3.24. The lowest BCUT2D eigenvalue weighted by atomic mass is 10.2. The maximum absolute atomic E-state index is 12.3. The van der Waals surface area contributed by atoms with Gasteiger partial charge in [0.1, 0.15) is 12.4 Å². The second-order valence-corrected chi connectivity index (χ2v) is 4.92. The summed E-state index contributed by atoms with van der Waals surface area (Å²) in [7, 11) is 0. The van der Waals surface area contributed by atoms with Gasteiger partial charge >= 0.3 is 0 Å². The molecule has 0 aliphatic rings. The lowest BCUT2D eigenvalue weighted by molar-refractivity contribution is 0.102. The lowest BCUT2D eigenvalue weighted by Crippen LogP contribution is -2.12. The van der Waals surface area contributed by atoms with E-state index in [-0.39, 0.29) is 12.5 Å². The highest BCUT2D eigenvalue weighted by molar-refractivity contribution is 6.04. The van der Waals surface area contributed by atoms with Crippen molar-refractivity contribution in [3.8, 4) is 5.75 Å². The number of hydrogen-bond donors (Lipinski definition) is 1. The second-order valence-electron chi connectivity index (χ2n) is 4.92. The van der Waals surface area contributed by atoms with Gasteiger partial charge in [-0.1, -0.05) is 6.07 Å². The first-order valence-corrected chi connectivity index (χ1v) is 7.45.